The average Bonchev–Trinajstić information content (AvgIpc) is 3.27. The van der Waals surface area contributed by atoms with Crippen molar-refractivity contribution in [3.63, 3.8) is 0 Å². The number of imidazole rings is 1. The summed E-state index contributed by atoms with van der Waals surface area (Å²) < 4.78 is 2.33. The number of aromatic nitrogens is 2. The molecule has 27 heavy (non-hydrogen) atoms. The third kappa shape index (κ3) is 3.26. The number of hydrogen-bond donors (Lipinski definition) is 1. The van der Waals surface area contributed by atoms with Crippen molar-refractivity contribution in [2.75, 3.05) is 19.6 Å². The first-order valence-corrected chi connectivity index (χ1v) is 10.3. The highest BCUT2D eigenvalue weighted by Gasteiger charge is 2.44. The van der Waals surface area contributed by atoms with E-state index < -0.39 is 5.54 Å². The molecule has 1 atom stereocenters. The lowest BCUT2D eigenvalue weighted by Gasteiger charge is -2.25. The molecule has 0 aromatic carbocycles. The molecule has 1 N–H and O–H groups in total. The molecule has 1 aromatic rings. The van der Waals surface area contributed by atoms with Crippen molar-refractivity contribution >= 4 is 11.9 Å². The molecule has 2 fully saturated rings. The highest BCUT2D eigenvalue weighted by atomic mass is 16.2. The fourth-order valence-corrected chi connectivity index (χ4v) is 4.84. The first-order valence-electron chi connectivity index (χ1n) is 10.3. The summed E-state index contributed by atoms with van der Waals surface area (Å²) in [5, 5.41) is 2.75. The van der Waals surface area contributed by atoms with Gasteiger partial charge in [-0.15, -0.1) is 0 Å². The third-order valence-electron chi connectivity index (χ3n) is 6.34. The van der Waals surface area contributed by atoms with E-state index in [4.69, 9.17) is 4.98 Å². The van der Waals surface area contributed by atoms with Crippen LogP contribution in [0.4, 0.5) is 4.79 Å². The number of hydrogen-bond acceptors (Lipinski definition) is 4. The lowest BCUT2D eigenvalue weighted by molar-refractivity contribution is -0.130. The summed E-state index contributed by atoms with van der Waals surface area (Å²) >= 11 is 0. The van der Waals surface area contributed by atoms with E-state index in [0.29, 0.717) is 12.6 Å². The molecule has 3 aliphatic rings. The minimum absolute atomic E-state index is 0.123. The summed E-state index contributed by atoms with van der Waals surface area (Å²) in [7, 11) is 2.16. The topological polar surface area (TPSA) is 70.5 Å². The molecule has 4 rings (SSSR count). The number of nitrogens with zero attached hydrogens (tertiary/aromatic N) is 4. The Morgan fingerprint density at radius 3 is 2.63 bits per heavy atom. The molecule has 2 saturated heterocycles. The Hall–Kier alpha value is -1.89. The fraction of sp³-hybridized carbons (Fsp3) is 0.750. The number of urea groups is 1. The number of fused-ring (bicyclic) bond motifs is 1. The molecule has 1 aliphatic carbocycles. The lowest BCUT2D eigenvalue weighted by atomic mass is 10.0. The van der Waals surface area contributed by atoms with E-state index in [9.17, 15) is 9.59 Å². The Morgan fingerprint density at radius 1 is 1.15 bits per heavy atom. The van der Waals surface area contributed by atoms with Crippen LogP contribution in [0.1, 0.15) is 69.2 Å². The first kappa shape index (κ1) is 18.5. The number of nitrogens with one attached hydrogen (secondary N) is 1. The third-order valence-corrected chi connectivity index (χ3v) is 6.34. The highest BCUT2D eigenvalue weighted by Crippen LogP contribution is 2.34. The van der Waals surface area contributed by atoms with Gasteiger partial charge in [0.25, 0.3) is 5.91 Å². The number of carbonyl (C=O) groups is 2. The largest absolute Gasteiger partial charge is 0.334 e. The second-order valence-electron chi connectivity index (χ2n) is 8.69. The Kier molecular flexibility index (Phi) is 4.74. The van der Waals surface area contributed by atoms with Crippen LogP contribution < -0.4 is 5.32 Å². The van der Waals surface area contributed by atoms with Crippen LogP contribution in [0.5, 0.6) is 0 Å². The van der Waals surface area contributed by atoms with Crippen molar-refractivity contribution in [2.45, 2.75) is 70.4 Å². The van der Waals surface area contributed by atoms with Gasteiger partial charge < -0.3 is 9.88 Å². The predicted molar refractivity (Wildman–Crippen MR) is 102 cm³/mol. The van der Waals surface area contributed by atoms with Crippen molar-refractivity contribution in [3.05, 3.63) is 17.2 Å². The monoisotopic (exact) mass is 373 g/mol. The standard InChI is InChI=1S/C20H31N5O2/c1-20(2)18(26)25(19(27)22-20)13-7-12-24-11-6-10-16(24)17-21-14-8-4-5-9-15(14)23(17)3/h16H,4-13H2,1-3H3,(H,22,27)/t16-/m0/s1. The Morgan fingerprint density at radius 2 is 1.93 bits per heavy atom. The van der Waals surface area contributed by atoms with Gasteiger partial charge in [-0.2, -0.15) is 0 Å². The summed E-state index contributed by atoms with van der Waals surface area (Å²) in [4.78, 5) is 33.2. The number of imide groups is 1. The molecule has 0 unspecified atom stereocenters. The van der Waals surface area contributed by atoms with Crippen LogP contribution in [0.3, 0.4) is 0 Å². The van der Waals surface area contributed by atoms with Crippen molar-refractivity contribution in [3.8, 4) is 0 Å². The zero-order valence-electron chi connectivity index (χ0n) is 16.8. The summed E-state index contributed by atoms with van der Waals surface area (Å²) in [6.45, 7) is 5.95. The molecule has 0 saturated carbocycles. The molecular formula is C20H31N5O2. The SMILES string of the molecule is Cn1c([C@@H]2CCCN2CCCN2C(=O)NC(C)(C)C2=O)nc2c1CCCC2. The number of aryl methyl sites for hydroxylation is 1. The van der Waals surface area contributed by atoms with Gasteiger partial charge in [0.2, 0.25) is 0 Å². The van der Waals surface area contributed by atoms with Gasteiger partial charge in [0.1, 0.15) is 11.4 Å². The van der Waals surface area contributed by atoms with Crippen LogP contribution in [0, 0.1) is 0 Å². The molecule has 2 aliphatic heterocycles. The normalized spacial score (nSPS) is 25.1. The summed E-state index contributed by atoms with van der Waals surface area (Å²) in [6.07, 6.45) is 7.89. The zero-order chi connectivity index (χ0) is 19.2. The van der Waals surface area contributed by atoms with Crippen molar-refractivity contribution in [2.24, 2.45) is 7.05 Å². The molecule has 0 spiro atoms. The predicted octanol–water partition coefficient (Wildman–Crippen LogP) is 2.16. The van der Waals surface area contributed by atoms with Crippen LogP contribution in [0.2, 0.25) is 0 Å². The maximum Gasteiger partial charge on any atom is 0.325 e. The second-order valence-corrected chi connectivity index (χ2v) is 8.69. The Labute approximate surface area is 161 Å². The van der Waals surface area contributed by atoms with Gasteiger partial charge in [-0.3, -0.25) is 14.6 Å². The minimum Gasteiger partial charge on any atom is -0.334 e. The molecule has 0 bridgehead atoms. The quantitative estimate of drug-likeness (QED) is 0.803. The fourth-order valence-electron chi connectivity index (χ4n) is 4.84. The molecule has 1 aromatic heterocycles. The number of rotatable bonds is 5. The lowest BCUT2D eigenvalue weighted by Crippen LogP contribution is -2.40. The molecule has 7 nitrogen and oxygen atoms in total. The van der Waals surface area contributed by atoms with Crippen LogP contribution in [-0.2, 0) is 24.7 Å². The molecule has 148 valence electrons. The summed E-state index contributed by atoms with van der Waals surface area (Å²) in [5.74, 6) is 1.08. The van der Waals surface area contributed by atoms with Crippen LogP contribution >= 0.6 is 0 Å². The van der Waals surface area contributed by atoms with E-state index in [-0.39, 0.29) is 11.9 Å². The maximum absolute atomic E-state index is 12.3. The van der Waals surface area contributed by atoms with Gasteiger partial charge in [-0.05, 0) is 65.3 Å². The first-order chi connectivity index (χ1) is 12.9. The van der Waals surface area contributed by atoms with Crippen molar-refractivity contribution in [1.29, 1.82) is 0 Å². The molecular weight excluding hydrogens is 342 g/mol. The van der Waals surface area contributed by atoms with E-state index in [1.807, 2.05) is 0 Å². The average molecular weight is 374 g/mol. The summed E-state index contributed by atoms with van der Waals surface area (Å²) in [6, 6.07) is 0.0971. The molecule has 3 amide bonds. The van der Waals surface area contributed by atoms with E-state index in [2.05, 4.69) is 21.8 Å². The number of carbonyl (C=O) groups excluding carboxylic acids is 2. The molecule has 0 radical (unpaired) electrons. The van der Waals surface area contributed by atoms with E-state index in [1.165, 1.54) is 41.4 Å². The zero-order valence-corrected chi connectivity index (χ0v) is 16.8. The maximum atomic E-state index is 12.3. The number of amides is 3. The highest BCUT2D eigenvalue weighted by molar-refractivity contribution is 6.06. The molecule has 7 heteroatoms. The van der Waals surface area contributed by atoms with Crippen molar-refractivity contribution < 1.29 is 9.59 Å². The Bertz CT molecular complexity index is 754. The second kappa shape index (κ2) is 6.93. The van der Waals surface area contributed by atoms with E-state index in [0.717, 1.165) is 38.8 Å². The summed E-state index contributed by atoms with van der Waals surface area (Å²) in [5.41, 5.74) is 1.94. The number of likely N-dealkylation sites (tertiary alicyclic amines) is 1. The molecule has 3 heterocycles. The van der Waals surface area contributed by atoms with Gasteiger partial charge in [0.05, 0.1) is 11.7 Å². The minimum atomic E-state index is -0.778. The van der Waals surface area contributed by atoms with Gasteiger partial charge in [-0.1, -0.05) is 0 Å². The smallest absolute Gasteiger partial charge is 0.325 e. The van der Waals surface area contributed by atoms with E-state index >= 15 is 0 Å². The van der Waals surface area contributed by atoms with E-state index in [1.54, 1.807) is 13.8 Å². The van der Waals surface area contributed by atoms with Gasteiger partial charge in [0, 0.05) is 25.8 Å². The van der Waals surface area contributed by atoms with Gasteiger partial charge in [-0.25, -0.2) is 9.78 Å². The van der Waals surface area contributed by atoms with Crippen molar-refractivity contribution in [1.82, 2.24) is 24.7 Å². The Balaban J connectivity index is 1.39. The van der Waals surface area contributed by atoms with Gasteiger partial charge in [0.15, 0.2) is 0 Å². The van der Waals surface area contributed by atoms with Crippen LogP contribution in [0.15, 0.2) is 0 Å². The van der Waals surface area contributed by atoms with Crippen LogP contribution in [-0.4, -0.2) is 56.5 Å². The van der Waals surface area contributed by atoms with Crippen LogP contribution in [0.25, 0.3) is 0 Å². The van der Waals surface area contributed by atoms with Gasteiger partial charge >= 0.3 is 6.03 Å².